The number of nitrogens with two attached hydrogens (primary N) is 1. The highest BCUT2D eigenvalue weighted by Crippen LogP contribution is 2.23. The van der Waals surface area contributed by atoms with Crippen molar-refractivity contribution in [2.45, 2.75) is 6.42 Å². The van der Waals surface area contributed by atoms with Gasteiger partial charge in [0.15, 0.2) is 5.58 Å². The molecule has 0 unspecified atom stereocenters. The van der Waals surface area contributed by atoms with Gasteiger partial charge in [-0.2, -0.15) is 10.1 Å². The van der Waals surface area contributed by atoms with Crippen LogP contribution in [0.3, 0.4) is 0 Å². The zero-order chi connectivity index (χ0) is 12.4. The number of hydrogen-bond donors (Lipinski definition) is 3. The second kappa shape index (κ2) is 4.36. The Morgan fingerprint density at radius 1 is 1.39 bits per heavy atom. The molecule has 18 heavy (non-hydrogen) atoms. The second-order valence-electron chi connectivity index (χ2n) is 3.82. The highest BCUT2D eigenvalue weighted by molar-refractivity contribution is 5.86. The average Bonchev–Trinajstić information content (AvgIpc) is 2.98. The van der Waals surface area contributed by atoms with E-state index in [1.165, 1.54) is 6.33 Å². The molecular weight excluding hydrogens is 232 g/mol. The quantitative estimate of drug-likeness (QED) is 0.595. The Labute approximate surface area is 102 Å². The normalized spacial score (nSPS) is 10.9. The van der Waals surface area contributed by atoms with E-state index in [2.05, 4.69) is 25.5 Å². The van der Waals surface area contributed by atoms with E-state index in [1.54, 1.807) is 6.07 Å². The number of hydrogen-bond acceptors (Lipinski definition) is 6. The van der Waals surface area contributed by atoms with E-state index >= 15 is 0 Å². The van der Waals surface area contributed by atoms with Crippen molar-refractivity contribution in [3.63, 3.8) is 0 Å². The van der Waals surface area contributed by atoms with E-state index in [9.17, 15) is 0 Å². The van der Waals surface area contributed by atoms with Gasteiger partial charge >= 0.3 is 0 Å². The molecule has 0 saturated heterocycles. The van der Waals surface area contributed by atoms with Gasteiger partial charge in [0.1, 0.15) is 17.7 Å². The SMILES string of the molecule is Nc1cccc2oc(NCCc3ncn[nH]3)nc12. The number of nitrogens with one attached hydrogen (secondary N) is 2. The molecule has 0 saturated carbocycles. The molecular formula is C11H12N6O. The number of oxazole rings is 1. The smallest absolute Gasteiger partial charge is 0.295 e. The van der Waals surface area contributed by atoms with E-state index < -0.39 is 0 Å². The first-order valence-corrected chi connectivity index (χ1v) is 5.56. The topological polar surface area (TPSA) is 106 Å². The van der Waals surface area contributed by atoms with E-state index in [-0.39, 0.29) is 0 Å². The molecule has 3 aromatic rings. The van der Waals surface area contributed by atoms with Crippen LogP contribution in [-0.4, -0.2) is 26.7 Å². The van der Waals surface area contributed by atoms with Crippen LogP contribution in [0.5, 0.6) is 0 Å². The van der Waals surface area contributed by atoms with Gasteiger partial charge in [-0.15, -0.1) is 0 Å². The van der Waals surface area contributed by atoms with E-state index in [4.69, 9.17) is 10.2 Å². The molecule has 0 aliphatic carbocycles. The lowest BCUT2D eigenvalue weighted by Crippen LogP contribution is -2.06. The summed E-state index contributed by atoms with van der Waals surface area (Å²) in [5, 5.41) is 9.64. The molecule has 0 aliphatic heterocycles. The zero-order valence-corrected chi connectivity index (χ0v) is 9.55. The highest BCUT2D eigenvalue weighted by Gasteiger charge is 2.07. The number of anilines is 2. The molecule has 7 heteroatoms. The van der Waals surface area contributed by atoms with Crippen LogP contribution in [0, 0.1) is 0 Å². The van der Waals surface area contributed by atoms with Crippen molar-refractivity contribution >= 4 is 22.8 Å². The number of benzene rings is 1. The lowest BCUT2D eigenvalue weighted by Gasteiger charge is -1.97. The maximum Gasteiger partial charge on any atom is 0.295 e. The average molecular weight is 244 g/mol. The molecule has 1 aromatic carbocycles. The van der Waals surface area contributed by atoms with Crippen molar-refractivity contribution < 1.29 is 4.42 Å². The van der Waals surface area contributed by atoms with Crippen molar-refractivity contribution in [2.75, 3.05) is 17.6 Å². The minimum Gasteiger partial charge on any atom is -0.423 e. The van der Waals surface area contributed by atoms with Crippen LogP contribution >= 0.6 is 0 Å². The molecule has 2 aromatic heterocycles. The van der Waals surface area contributed by atoms with Gasteiger partial charge in [-0.3, -0.25) is 5.10 Å². The maximum atomic E-state index is 5.80. The van der Waals surface area contributed by atoms with E-state index in [1.807, 2.05) is 12.1 Å². The number of nitrogens with zero attached hydrogens (tertiary/aromatic N) is 3. The van der Waals surface area contributed by atoms with E-state index in [0.717, 1.165) is 5.82 Å². The van der Waals surface area contributed by atoms with Crippen molar-refractivity contribution in [3.05, 3.63) is 30.4 Å². The minimum absolute atomic E-state index is 0.461. The first-order chi connectivity index (χ1) is 8.83. The summed E-state index contributed by atoms with van der Waals surface area (Å²) in [4.78, 5) is 8.31. The molecule has 3 rings (SSSR count). The standard InChI is InChI=1S/C11H12N6O/c12-7-2-1-3-8-10(7)16-11(18-8)13-5-4-9-14-6-15-17-9/h1-3,6H,4-5,12H2,(H,13,16)(H,14,15,17). The number of rotatable bonds is 4. The van der Waals surface area contributed by atoms with Crippen LogP contribution in [0.4, 0.5) is 11.7 Å². The number of H-pyrrole nitrogens is 1. The summed E-state index contributed by atoms with van der Waals surface area (Å²) in [7, 11) is 0. The third-order valence-corrected chi connectivity index (χ3v) is 2.55. The third kappa shape index (κ3) is 1.97. The summed E-state index contributed by atoms with van der Waals surface area (Å²) < 4.78 is 5.52. The summed E-state index contributed by atoms with van der Waals surface area (Å²) in [6.07, 6.45) is 2.20. The van der Waals surface area contributed by atoms with Crippen molar-refractivity contribution in [1.29, 1.82) is 0 Å². The number of aromatic amines is 1. The molecule has 0 fully saturated rings. The fourth-order valence-electron chi connectivity index (χ4n) is 1.68. The fourth-order valence-corrected chi connectivity index (χ4v) is 1.68. The molecule has 0 amide bonds. The first-order valence-electron chi connectivity index (χ1n) is 5.56. The molecule has 0 aliphatic rings. The van der Waals surface area contributed by atoms with Gasteiger partial charge in [-0.1, -0.05) is 6.07 Å². The van der Waals surface area contributed by atoms with Crippen LogP contribution in [0.15, 0.2) is 28.9 Å². The van der Waals surface area contributed by atoms with Gasteiger partial charge in [0, 0.05) is 13.0 Å². The van der Waals surface area contributed by atoms with Crippen LogP contribution < -0.4 is 11.1 Å². The number of para-hydroxylation sites is 1. The molecule has 2 heterocycles. The molecule has 0 atom stereocenters. The Bertz CT molecular complexity index is 645. The number of aromatic nitrogens is 4. The molecule has 4 N–H and O–H groups in total. The Morgan fingerprint density at radius 3 is 3.11 bits per heavy atom. The Balaban J connectivity index is 1.69. The molecule has 92 valence electrons. The van der Waals surface area contributed by atoms with Gasteiger partial charge in [0.2, 0.25) is 0 Å². The van der Waals surface area contributed by atoms with Gasteiger partial charge in [0.05, 0.1) is 5.69 Å². The van der Waals surface area contributed by atoms with E-state index in [0.29, 0.717) is 35.8 Å². The Kier molecular flexibility index (Phi) is 2.56. The summed E-state index contributed by atoms with van der Waals surface area (Å²) >= 11 is 0. The lowest BCUT2D eigenvalue weighted by atomic mass is 10.3. The lowest BCUT2D eigenvalue weighted by molar-refractivity contribution is 0.614. The van der Waals surface area contributed by atoms with Crippen molar-refractivity contribution in [3.8, 4) is 0 Å². The highest BCUT2D eigenvalue weighted by atomic mass is 16.4. The van der Waals surface area contributed by atoms with Gasteiger partial charge in [-0.05, 0) is 12.1 Å². The minimum atomic E-state index is 0.461. The summed E-state index contributed by atoms with van der Waals surface area (Å²) in [6.45, 7) is 0.655. The predicted molar refractivity (Wildman–Crippen MR) is 67.0 cm³/mol. The monoisotopic (exact) mass is 244 g/mol. The molecule has 0 spiro atoms. The van der Waals surface area contributed by atoms with Crippen molar-refractivity contribution in [1.82, 2.24) is 20.2 Å². The molecule has 0 radical (unpaired) electrons. The zero-order valence-electron chi connectivity index (χ0n) is 9.55. The third-order valence-electron chi connectivity index (χ3n) is 2.55. The fraction of sp³-hybridized carbons (Fsp3) is 0.182. The van der Waals surface area contributed by atoms with Gasteiger partial charge < -0.3 is 15.5 Å². The number of fused-ring (bicyclic) bond motifs is 1. The van der Waals surface area contributed by atoms with Gasteiger partial charge in [-0.25, -0.2) is 4.98 Å². The van der Waals surface area contributed by atoms with Gasteiger partial charge in [0.25, 0.3) is 6.01 Å². The maximum absolute atomic E-state index is 5.80. The summed E-state index contributed by atoms with van der Waals surface area (Å²) in [5.74, 6) is 0.818. The second-order valence-corrected chi connectivity index (χ2v) is 3.82. The molecule has 0 bridgehead atoms. The Hall–Kier alpha value is -2.57. The number of nitrogen functional groups attached to an aromatic ring is 1. The van der Waals surface area contributed by atoms with Crippen LogP contribution in [-0.2, 0) is 6.42 Å². The van der Waals surface area contributed by atoms with Crippen LogP contribution in [0.25, 0.3) is 11.1 Å². The summed E-state index contributed by atoms with van der Waals surface area (Å²) in [6, 6.07) is 5.92. The Morgan fingerprint density at radius 2 is 2.33 bits per heavy atom. The molecule has 7 nitrogen and oxygen atoms in total. The van der Waals surface area contributed by atoms with Crippen LogP contribution in [0.2, 0.25) is 0 Å². The van der Waals surface area contributed by atoms with Crippen LogP contribution in [0.1, 0.15) is 5.82 Å². The largest absolute Gasteiger partial charge is 0.423 e. The predicted octanol–water partition coefficient (Wildman–Crippen LogP) is 1.18. The first kappa shape index (κ1) is 10.6. The van der Waals surface area contributed by atoms with Crippen molar-refractivity contribution in [2.24, 2.45) is 0 Å². The summed E-state index contributed by atoms with van der Waals surface area (Å²) in [5.41, 5.74) is 7.77.